The van der Waals surface area contributed by atoms with Crippen molar-refractivity contribution in [1.29, 1.82) is 0 Å². The van der Waals surface area contributed by atoms with Gasteiger partial charge >= 0.3 is 0 Å². The smallest absolute Gasteiger partial charge is 0.0637 e. The van der Waals surface area contributed by atoms with Crippen molar-refractivity contribution in [2.24, 2.45) is 11.8 Å². The van der Waals surface area contributed by atoms with Gasteiger partial charge in [0.2, 0.25) is 0 Å². The maximum absolute atomic E-state index is 5.47. The second kappa shape index (κ2) is 6.75. The summed E-state index contributed by atoms with van der Waals surface area (Å²) in [4.78, 5) is 0. The standard InChI is InChI=1S/C15H31NO/c1-12-6-8-14(9-7-12)11-16-13(2)10-15(3,4)17-5/h12-14,16H,6-11H2,1-5H3. The SMILES string of the molecule is COC(C)(C)CC(C)NCC1CCC(C)CC1. The van der Waals surface area contributed by atoms with Crippen LogP contribution >= 0.6 is 0 Å². The number of rotatable bonds is 6. The molecule has 2 nitrogen and oxygen atoms in total. The van der Waals surface area contributed by atoms with Crippen molar-refractivity contribution in [3.05, 3.63) is 0 Å². The third kappa shape index (κ3) is 5.87. The molecular weight excluding hydrogens is 210 g/mol. The predicted molar refractivity (Wildman–Crippen MR) is 74.3 cm³/mol. The van der Waals surface area contributed by atoms with Gasteiger partial charge < -0.3 is 10.1 Å². The van der Waals surface area contributed by atoms with E-state index in [0.717, 1.165) is 18.3 Å². The Kier molecular flexibility index (Phi) is 5.94. The third-order valence-corrected chi connectivity index (χ3v) is 4.24. The van der Waals surface area contributed by atoms with Gasteiger partial charge in [-0.15, -0.1) is 0 Å². The first kappa shape index (κ1) is 15.0. The van der Waals surface area contributed by atoms with Gasteiger partial charge in [-0.3, -0.25) is 0 Å². The molecule has 2 heteroatoms. The normalized spacial score (nSPS) is 28.1. The van der Waals surface area contributed by atoms with E-state index in [1.807, 2.05) is 0 Å². The first-order valence-corrected chi connectivity index (χ1v) is 7.21. The summed E-state index contributed by atoms with van der Waals surface area (Å²) in [6.45, 7) is 10.2. The van der Waals surface area contributed by atoms with E-state index in [-0.39, 0.29) is 5.60 Å². The van der Waals surface area contributed by atoms with Crippen LogP contribution in [-0.2, 0) is 4.74 Å². The minimum absolute atomic E-state index is 0.00645. The van der Waals surface area contributed by atoms with Gasteiger partial charge in [-0.25, -0.2) is 0 Å². The summed E-state index contributed by atoms with van der Waals surface area (Å²) < 4.78 is 5.47. The van der Waals surface area contributed by atoms with Crippen LogP contribution in [0.4, 0.5) is 0 Å². The Balaban J connectivity index is 2.17. The van der Waals surface area contributed by atoms with Gasteiger partial charge in [0.05, 0.1) is 5.60 Å². The molecule has 1 atom stereocenters. The number of hydrogen-bond acceptors (Lipinski definition) is 2. The molecule has 1 aliphatic rings. The van der Waals surface area contributed by atoms with Crippen LogP contribution < -0.4 is 5.32 Å². The molecule has 1 fully saturated rings. The second-order valence-corrected chi connectivity index (χ2v) is 6.60. The average Bonchev–Trinajstić information content (AvgIpc) is 2.28. The molecule has 0 aliphatic heterocycles. The Morgan fingerprint density at radius 3 is 2.35 bits per heavy atom. The Bertz CT molecular complexity index is 207. The minimum Gasteiger partial charge on any atom is -0.379 e. The van der Waals surface area contributed by atoms with Crippen LogP contribution in [0.15, 0.2) is 0 Å². The Labute approximate surface area is 108 Å². The maximum atomic E-state index is 5.47. The number of nitrogens with one attached hydrogen (secondary N) is 1. The molecule has 0 aromatic carbocycles. The quantitative estimate of drug-likeness (QED) is 0.767. The molecule has 102 valence electrons. The van der Waals surface area contributed by atoms with Gasteiger partial charge in [-0.1, -0.05) is 19.8 Å². The molecule has 0 aromatic heterocycles. The number of methoxy groups -OCH3 is 1. The van der Waals surface area contributed by atoms with E-state index in [9.17, 15) is 0 Å². The summed E-state index contributed by atoms with van der Waals surface area (Å²) >= 11 is 0. The van der Waals surface area contributed by atoms with Crippen molar-refractivity contribution in [2.45, 2.75) is 71.4 Å². The largest absolute Gasteiger partial charge is 0.379 e. The fourth-order valence-electron chi connectivity index (χ4n) is 2.79. The molecule has 1 aliphatic carbocycles. The highest BCUT2D eigenvalue weighted by molar-refractivity contribution is 4.78. The van der Waals surface area contributed by atoms with Gasteiger partial charge in [-0.05, 0) is 58.4 Å². The molecule has 0 bridgehead atoms. The van der Waals surface area contributed by atoms with Crippen LogP contribution in [0.2, 0.25) is 0 Å². The molecule has 0 amide bonds. The van der Waals surface area contributed by atoms with Crippen molar-refractivity contribution in [3.63, 3.8) is 0 Å². The Morgan fingerprint density at radius 2 is 1.82 bits per heavy atom. The molecule has 1 N–H and O–H groups in total. The first-order chi connectivity index (χ1) is 7.93. The highest BCUT2D eigenvalue weighted by Crippen LogP contribution is 2.27. The lowest BCUT2D eigenvalue weighted by atomic mass is 9.83. The maximum Gasteiger partial charge on any atom is 0.0637 e. The van der Waals surface area contributed by atoms with Crippen molar-refractivity contribution in [1.82, 2.24) is 5.32 Å². The number of hydrogen-bond donors (Lipinski definition) is 1. The number of ether oxygens (including phenoxy) is 1. The van der Waals surface area contributed by atoms with Crippen LogP contribution in [0.5, 0.6) is 0 Å². The van der Waals surface area contributed by atoms with Crippen LogP contribution in [0, 0.1) is 11.8 Å². The lowest BCUT2D eigenvalue weighted by Crippen LogP contribution is -2.38. The van der Waals surface area contributed by atoms with Crippen LogP contribution in [0.1, 0.15) is 59.8 Å². The second-order valence-electron chi connectivity index (χ2n) is 6.60. The van der Waals surface area contributed by atoms with E-state index in [1.54, 1.807) is 7.11 Å². The van der Waals surface area contributed by atoms with Gasteiger partial charge in [-0.2, -0.15) is 0 Å². The lowest BCUT2D eigenvalue weighted by molar-refractivity contribution is 0.00815. The fraction of sp³-hybridized carbons (Fsp3) is 1.00. The predicted octanol–water partition coefficient (Wildman–Crippen LogP) is 3.61. The van der Waals surface area contributed by atoms with E-state index >= 15 is 0 Å². The molecule has 1 saturated carbocycles. The van der Waals surface area contributed by atoms with Gasteiger partial charge in [0.1, 0.15) is 0 Å². The zero-order valence-corrected chi connectivity index (χ0v) is 12.4. The van der Waals surface area contributed by atoms with Crippen molar-refractivity contribution >= 4 is 0 Å². The molecule has 0 saturated heterocycles. The molecular formula is C15H31NO. The molecule has 0 heterocycles. The van der Waals surface area contributed by atoms with Gasteiger partial charge in [0.15, 0.2) is 0 Å². The van der Waals surface area contributed by atoms with Crippen molar-refractivity contribution < 1.29 is 4.74 Å². The summed E-state index contributed by atoms with van der Waals surface area (Å²) in [7, 11) is 1.80. The van der Waals surface area contributed by atoms with Crippen molar-refractivity contribution in [2.75, 3.05) is 13.7 Å². The monoisotopic (exact) mass is 241 g/mol. The summed E-state index contributed by atoms with van der Waals surface area (Å²) in [6, 6.07) is 0.546. The summed E-state index contributed by atoms with van der Waals surface area (Å²) in [5, 5.41) is 3.68. The van der Waals surface area contributed by atoms with E-state index in [4.69, 9.17) is 4.74 Å². The first-order valence-electron chi connectivity index (χ1n) is 7.21. The van der Waals surface area contributed by atoms with E-state index < -0.39 is 0 Å². The van der Waals surface area contributed by atoms with E-state index in [0.29, 0.717) is 6.04 Å². The van der Waals surface area contributed by atoms with Crippen molar-refractivity contribution in [3.8, 4) is 0 Å². The fourth-order valence-corrected chi connectivity index (χ4v) is 2.79. The van der Waals surface area contributed by atoms with Crippen LogP contribution in [0.25, 0.3) is 0 Å². The topological polar surface area (TPSA) is 21.3 Å². The van der Waals surface area contributed by atoms with Gasteiger partial charge in [0, 0.05) is 13.2 Å². The molecule has 17 heavy (non-hydrogen) atoms. The van der Waals surface area contributed by atoms with Crippen LogP contribution in [0.3, 0.4) is 0 Å². The molecule has 0 radical (unpaired) electrons. The molecule has 0 spiro atoms. The van der Waals surface area contributed by atoms with E-state index in [2.05, 4.69) is 33.0 Å². The Morgan fingerprint density at radius 1 is 1.24 bits per heavy atom. The van der Waals surface area contributed by atoms with Crippen LogP contribution in [-0.4, -0.2) is 25.3 Å². The zero-order valence-electron chi connectivity index (χ0n) is 12.4. The third-order valence-electron chi connectivity index (χ3n) is 4.24. The highest BCUT2D eigenvalue weighted by atomic mass is 16.5. The highest BCUT2D eigenvalue weighted by Gasteiger charge is 2.22. The molecule has 0 aromatic rings. The average molecular weight is 241 g/mol. The summed E-state index contributed by atoms with van der Waals surface area (Å²) in [6.07, 6.45) is 6.74. The summed E-state index contributed by atoms with van der Waals surface area (Å²) in [5.41, 5.74) is -0.00645. The minimum atomic E-state index is -0.00645. The Hall–Kier alpha value is -0.0800. The molecule has 1 unspecified atom stereocenters. The molecule has 1 rings (SSSR count). The van der Waals surface area contributed by atoms with Gasteiger partial charge in [0.25, 0.3) is 0 Å². The lowest BCUT2D eigenvalue weighted by Gasteiger charge is -2.30. The zero-order chi connectivity index (χ0) is 12.9. The summed E-state index contributed by atoms with van der Waals surface area (Å²) in [5.74, 6) is 1.86. The van der Waals surface area contributed by atoms with E-state index in [1.165, 1.54) is 32.2 Å².